The van der Waals surface area contributed by atoms with E-state index in [9.17, 15) is 24.3 Å². The Bertz CT molecular complexity index is 1330. The van der Waals surface area contributed by atoms with E-state index in [0.717, 1.165) is 21.2 Å². The summed E-state index contributed by atoms with van der Waals surface area (Å²) in [5, 5.41) is 14.4. The number of carbonyl (C=O) groups excluding carboxylic acids is 3. The van der Waals surface area contributed by atoms with Crippen molar-refractivity contribution in [2.75, 3.05) is 12.3 Å². The van der Waals surface area contributed by atoms with Crippen molar-refractivity contribution in [3.63, 3.8) is 0 Å². The molecule has 1 heterocycles. The molecule has 2 unspecified atom stereocenters. The lowest BCUT2D eigenvalue weighted by Gasteiger charge is -2.26. The molecule has 9 heteroatoms. The highest BCUT2D eigenvalue weighted by Crippen LogP contribution is 2.35. The second kappa shape index (κ2) is 10.6. The van der Waals surface area contributed by atoms with Crippen molar-refractivity contribution in [2.24, 2.45) is 0 Å². The molecule has 1 aliphatic rings. The van der Waals surface area contributed by atoms with E-state index < -0.39 is 35.5 Å². The summed E-state index contributed by atoms with van der Waals surface area (Å²) in [6, 6.07) is 18.5. The quantitative estimate of drug-likeness (QED) is 0.407. The first-order chi connectivity index (χ1) is 17.6. The Balaban J connectivity index is 1.60. The molecule has 192 valence electrons. The minimum Gasteiger partial charge on any atom is -0.480 e. The molecular weight excluding hydrogens is 492 g/mol. The van der Waals surface area contributed by atoms with Crippen LogP contribution in [-0.2, 0) is 9.53 Å². The number of carboxylic acid groups (broad SMARTS) is 1. The third kappa shape index (κ3) is 5.77. The van der Waals surface area contributed by atoms with Crippen molar-refractivity contribution < 1.29 is 29.0 Å². The van der Waals surface area contributed by atoms with Crippen LogP contribution in [0, 0.1) is 0 Å². The fraction of sp³-hybridized carbons (Fsp3) is 0.286. The van der Waals surface area contributed by atoms with Gasteiger partial charge in [0.05, 0.1) is 11.1 Å². The maximum absolute atomic E-state index is 12.9. The van der Waals surface area contributed by atoms with E-state index in [1.54, 1.807) is 32.9 Å². The number of imide groups is 1. The van der Waals surface area contributed by atoms with Crippen molar-refractivity contribution in [1.82, 2.24) is 10.2 Å². The number of benzene rings is 3. The molecule has 0 spiro atoms. The van der Waals surface area contributed by atoms with Gasteiger partial charge in [0.1, 0.15) is 11.6 Å². The summed E-state index contributed by atoms with van der Waals surface area (Å²) in [5.74, 6) is -2.59. The predicted molar refractivity (Wildman–Crippen MR) is 142 cm³/mol. The molecule has 37 heavy (non-hydrogen) atoms. The minimum atomic E-state index is -1.38. The third-order valence-corrected chi connectivity index (χ3v) is 7.21. The summed E-state index contributed by atoms with van der Waals surface area (Å²) in [7, 11) is 0. The smallest absolute Gasteiger partial charge is 0.407 e. The summed E-state index contributed by atoms with van der Waals surface area (Å²) in [6.07, 6.45) is -0.589. The number of thioether (sulfide) groups is 1. The van der Waals surface area contributed by atoms with Gasteiger partial charge in [0.25, 0.3) is 11.8 Å². The van der Waals surface area contributed by atoms with Gasteiger partial charge in [0.2, 0.25) is 0 Å². The maximum Gasteiger partial charge on any atom is 0.407 e. The first-order valence-corrected chi connectivity index (χ1v) is 12.9. The molecule has 0 aliphatic carbocycles. The molecule has 0 saturated carbocycles. The normalized spacial score (nSPS) is 14.8. The summed E-state index contributed by atoms with van der Waals surface area (Å²) in [6.45, 7) is 5.46. The molecule has 0 fully saturated rings. The second-order valence-corrected chi connectivity index (χ2v) is 10.9. The molecule has 3 aromatic rings. The van der Waals surface area contributed by atoms with Crippen LogP contribution in [0.3, 0.4) is 0 Å². The van der Waals surface area contributed by atoms with Crippen molar-refractivity contribution in [2.45, 2.75) is 37.7 Å². The van der Waals surface area contributed by atoms with E-state index in [1.807, 2.05) is 42.5 Å². The number of aliphatic carboxylic acids is 1. The molecule has 8 nitrogen and oxygen atoms in total. The minimum absolute atomic E-state index is 0.0648. The highest BCUT2D eigenvalue weighted by Gasteiger charge is 2.43. The molecule has 0 bridgehead atoms. The van der Waals surface area contributed by atoms with E-state index in [-0.39, 0.29) is 28.7 Å². The molecule has 0 radical (unpaired) electrons. The van der Waals surface area contributed by atoms with Gasteiger partial charge in [0.15, 0.2) is 0 Å². The first kappa shape index (κ1) is 26.2. The van der Waals surface area contributed by atoms with Crippen LogP contribution in [0.5, 0.6) is 0 Å². The lowest BCUT2D eigenvalue weighted by atomic mass is 10.0. The summed E-state index contributed by atoms with van der Waals surface area (Å²) in [4.78, 5) is 51.4. The number of rotatable bonds is 8. The van der Waals surface area contributed by atoms with Gasteiger partial charge in [-0.2, -0.15) is 0 Å². The standard InChI is InChI=1S/C28H28N2O6S/c1-28(2,3)36-27(35)29-15-23(19-14-8-10-17-9-4-5-11-18(17)19)37-16-22(26(33)34)30-24(31)20-12-6-7-13-21(20)25(30)32/h4-14,22-23H,15-16H2,1-3H3,(H,29,35)(H,33,34). The number of carbonyl (C=O) groups is 4. The van der Waals surface area contributed by atoms with E-state index >= 15 is 0 Å². The molecule has 0 aromatic heterocycles. The van der Waals surface area contributed by atoms with Crippen molar-refractivity contribution >= 4 is 46.4 Å². The van der Waals surface area contributed by atoms with Gasteiger partial charge in [-0.15, -0.1) is 11.8 Å². The van der Waals surface area contributed by atoms with Crippen LogP contribution in [0.4, 0.5) is 4.79 Å². The molecule has 2 atom stereocenters. The van der Waals surface area contributed by atoms with E-state index in [0.29, 0.717) is 0 Å². The van der Waals surface area contributed by atoms with Crippen molar-refractivity contribution in [3.05, 3.63) is 83.4 Å². The number of hydrogen-bond donors (Lipinski definition) is 2. The lowest BCUT2D eigenvalue weighted by Crippen LogP contribution is -2.46. The van der Waals surface area contributed by atoms with Crippen LogP contribution >= 0.6 is 11.8 Å². The van der Waals surface area contributed by atoms with E-state index in [2.05, 4.69) is 5.32 Å². The number of amides is 3. The van der Waals surface area contributed by atoms with Gasteiger partial charge < -0.3 is 15.2 Å². The zero-order chi connectivity index (χ0) is 26.7. The Morgan fingerprint density at radius 2 is 1.54 bits per heavy atom. The topological polar surface area (TPSA) is 113 Å². The average Bonchev–Trinajstić information content (AvgIpc) is 3.10. The van der Waals surface area contributed by atoms with E-state index in [4.69, 9.17) is 4.74 Å². The number of nitrogens with zero attached hydrogens (tertiary/aromatic N) is 1. The Labute approximate surface area is 219 Å². The molecule has 3 aromatic carbocycles. The molecule has 3 amide bonds. The summed E-state index contributed by atoms with van der Waals surface area (Å²) < 4.78 is 5.37. The van der Waals surface area contributed by atoms with Crippen LogP contribution in [0.1, 0.15) is 52.3 Å². The van der Waals surface area contributed by atoms with Crippen LogP contribution in [0.2, 0.25) is 0 Å². The van der Waals surface area contributed by atoms with Crippen LogP contribution in [0.15, 0.2) is 66.7 Å². The monoisotopic (exact) mass is 520 g/mol. The Kier molecular flexibility index (Phi) is 7.54. The van der Waals surface area contributed by atoms with Gasteiger partial charge in [-0.1, -0.05) is 54.6 Å². The molecule has 4 rings (SSSR count). The fourth-order valence-electron chi connectivity index (χ4n) is 4.23. The molecule has 2 N–H and O–H groups in total. The summed E-state index contributed by atoms with van der Waals surface area (Å²) >= 11 is 1.26. The Morgan fingerprint density at radius 1 is 0.946 bits per heavy atom. The number of carboxylic acids is 1. The Hall–Kier alpha value is -3.85. The predicted octanol–water partition coefficient (Wildman–Crippen LogP) is 4.89. The highest BCUT2D eigenvalue weighted by atomic mass is 32.2. The average molecular weight is 521 g/mol. The number of nitrogens with one attached hydrogen (secondary N) is 1. The van der Waals surface area contributed by atoms with Gasteiger partial charge in [-0.05, 0) is 49.2 Å². The number of ether oxygens (including phenoxy) is 1. The number of hydrogen-bond acceptors (Lipinski definition) is 6. The van der Waals surface area contributed by atoms with Gasteiger partial charge in [-0.25, -0.2) is 9.59 Å². The highest BCUT2D eigenvalue weighted by molar-refractivity contribution is 7.99. The third-order valence-electron chi connectivity index (χ3n) is 5.88. The summed E-state index contributed by atoms with van der Waals surface area (Å²) in [5.41, 5.74) is 0.610. The SMILES string of the molecule is CC(C)(C)OC(=O)NCC(SCC(C(=O)O)N1C(=O)c2ccccc2C1=O)c1cccc2ccccc12. The van der Waals surface area contributed by atoms with Crippen LogP contribution in [0.25, 0.3) is 10.8 Å². The first-order valence-electron chi connectivity index (χ1n) is 11.8. The van der Waals surface area contributed by atoms with Crippen LogP contribution < -0.4 is 5.32 Å². The maximum atomic E-state index is 12.9. The van der Waals surface area contributed by atoms with Gasteiger partial charge >= 0.3 is 12.1 Å². The second-order valence-electron chi connectivity index (χ2n) is 9.65. The lowest BCUT2D eigenvalue weighted by molar-refractivity contribution is -0.140. The zero-order valence-corrected chi connectivity index (χ0v) is 21.6. The molecular formula is C28H28N2O6S. The fourth-order valence-corrected chi connectivity index (χ4v) is 5.53. The van der Waals surface area contributed by atoms with Crippen LogP contribution in [-0.4, -0.2) is 57.8 Å². The molecule has 1 aliphatic heterocycles. The zero-order valence-electron chi connectivity index (χ0n) is 20.8. The largest absolute Gasteiger partial charge is 0.480 e. The van der Waals surface area contributed by atoms with Crippen molar-refractivity contribution in [1.29, 1.82) is 0 Å². The number of fused-ring (bicyclic) bond motifs is 2. The van der Waals surface area contributed by atoms with Gasteiger partial charge in [-0.3, -0.25) is 14.5 Å². The Morgan fingerprint density at radius 3 is 2.16 bits per heavy atom. The van der Waals surface area contributed by atoms with E-state index in [1.165, 1.54) is 23.9 Å². The number of alkyl carbamates (subject to hydrolysis) is 1. The van der Waals surface area contributed by atoms with Gasteiger partial charge in [0, 0.05) is 17.5 Å². The van der Waals surface area contributed by atoms with Crippen molar-refractivity contribution in [3.8, 4) is 0 Å². The molecule has 0 saturated heterocycles.